The van der Waals surface area contributed by atoms with E-state index in [0.717, 1.165) is 0 Å². The minimum absolute atomic E-state index is 0.0272. The molecule has 3 nitrogen and oxygen atoms in total. The van der Waals surface area contributed by atoms with Gasteiger partial charge >= 0.3 is 6.61 Å². The number of hydrogen-bond acceptors (Lipinski definition) is 3. The second-order valence-corrected chi connectivity index (χ2v) is 5.26. The number of alkyl halides is 2. The highest BCUT2D eigenvalue weighted by molar-refractivity contribution is 5.92. The highest BCUT2D eigenvalue weighted by Crippen LogP contribution is 2.39. The number of ether oxygens (including phenoxy) is 3. The molecular weight excluding hydrogens is 333 g/mol. The van der Waals surface area contributed by atoms with Gasteiger partial charge in [0, 0.05) is 5.39 Å². The summed E-state index contributed by atoms with van der Waals surface area (Å²) in [5.41, 5.74) is 0.382. The van der Waals surface area contributed by atoms with E-state index in [0.29, 0.717) is 22.4 Å². The fourth-order valence-electron chi connectivity index (χ4n) is 2.66. The lowest BCUT2D eigenvalue weighted by atomic mass is 9.98. The summed E-state index contributed by atoms with van der Waals surface area (Å²) in [6.07, 6.45) is 0. The van der Waals surface area contributed by atoms with Crippen molar-refractivity contribution in [2.45, 2.75) is 6.61 Å². The first-order valence-electron chi connectivity index (χ1n) is 7.43. The molecule has 0 aliphatic rings. The molecule has 0 aliphatic carbocycles. The molecule has 0 heterocycles. The number of hydrogen-bond donors (Lipinski definition) is 0. The quantitative estimate of drug-likeness (QED) is 0.629. The number of benzene rings is 3. The van der Waals surface area contributed by atoms with Crippen molar-refractivity contribution in [1.29, 1.82) is 0 Å². The lowest BCUT2D eigenvalue weighted by Crippen LogP contribution is -2.04. The summed E-state index contributed by atoms with van der Waals surface area (Å²) in [4.78, 5) is 0. The van der Waals surface area contributed by atoms with Gasteiger partial charge in [0.25, 0.3) is 0 Å². The molecule has 0 radical (unpaired) electrons. The predicted molar refractivity (Wildman–Crippen MR) is 89.1 cm³/mol. The maximum atomic E-state index is 15.1. The molecule has 0 fully saturated rings. The Morgan fingerprint density at radius 1 is 0.840 bits per heavy atom. The van der Waals surface area contributed by atoms with Gasteiger partial charge in [-0.25, -0.2) is 4.39 Å². The lowest BCUT2D eigenvalue weighted by molar-refractivity contribution is -0.0494. The van der Waals surface area contributed by atoms with E-state index in [-0.39, 0.29) is 16.7 Å². The maximum absolute atomic E-state index is 15.1. The molecule has 0 aromatic heterocycles. The zero-order chi connectivity index (χ0) is 18.0. The average Bonchev–Trinajstić information content (AvgIpc) is 2.61. The van der Waals surface area contributed by atoms with E-state index in [1.807, 2.05) is 0 Å². The second-order valence-electron chi connectivity index (χ2n) is 5.26. The molecule has 0 atom stereocenters. The van der Waals surface area contributed by atoms with Crippen LogP contribution in [-0.2, 0) is 0 Å². The number of methoxy groups -OCH3 is 2. The maximum Gasteiger partial charge on any atom is 0.387 e. The minimum atomic E-state index is -3.07. The minimum Gasteiger partial charge on any atom is -0.497 e. The van der Waals surface area contributed by atoms with Gasteiger partial charge in [-0.05, 0) is 47.3 Å². The topological polar surface area (TPSA) is 27.7 Å². The zero-order valence-electron chi connectivity index (χ0n) is 13.6. The Hall–Kier alpha value is -2.89. The van der Waals surface area contributed by atoms with Crippen molar-refractivity contribution in [1.82, 2.24) is 0 Å². The third kappa shape index (κ3) is 3.33. The fourth-order valence-corrected chi connectivity index (χ4v) is 2.66. The molecule has 0 N–H and O–H groups in total. The van der Waals surface area contributed by atoms with Crippen molar-refractivity contribution in [3.8, 4) is 28.4 Å². The third-order valence-electron chi connectivity index (χ3n) is 3.84. The zero-order valence-corrected chi connectivity index (χ0v) is 13.6. The first kappa shape index (κ1) is 17.0. The third-order valence-corrected chi connectivity index (χ3v) is 3.84. The molecular formula is C19H15F3O3. The first-order chi connectivity index (χ1) is 12.0. The highest BCUT2D eigenvalue weighted by Gasteiger charge is 2.19. The summed E-state index contributed by atoms with van der Waals surface area (Å²) >= 11 is 0. The molecule has 0 saturated heterocycles. The van der Waals surface area contributed by atoms with Crippen LogP contribution in [0.1, 0.15) is 0 Å². The Morgan fingerprint density at radius 3 is 2.08 bits per heavy atom. The van der Waals surface area contributed by atoms with Crippen LogP contribution in [0, 0.1) is 5.82 Å². The van der Waals surface area contributed by atoms with Gasteiger partial charge < -0.3 is 14.2 Å². The number of halogens is 3. The SMILES string of the molecule is COc1ccc(-c2c(OC(F)F)cc3cc(OC)ccc3c2F)cc1. The van der Waals surface area contributed by atoms with E-state index in [1.165, 1.54) is 20.3 Å². The van der Waals surface area contributed by atoms with E-state index in [1.54, 1.807) is 42.5 Å². The Balaban J connectivity index is 2.24. The first-order valence-corrected chi connectivity index (χ1v) is 7.43. The molecule has 0 unspecified atom stereocenters. The molecule has 6 heteroatoms. The largest absolute Gasteiger partial charge is 0.497 e. The normalized spacial score (nSPS) is 11.0. The van der Waals surface area contributed by atoms with Gasteiger partial charge in [-0.15, -0.1) is 0 Å². The van der Waals surface area contributed by atoms with Crippen LogP contribution in [0.3, 0.4) is 0 Å². The van der Waals surface area contributed by atoms with Crippen LogP contribution >= 0.6 is 0 Å². The summed E-state index contributed by atoms with van der Waals surface area (Å²) in [6, 6.07) is 12.5. The summed E-state index contributed by atoms with van der Waals surface area (Å²) in [5, 5.41) is 0.693. The molecule has 0 saturated carbocycles. The van der Waals surface area contributed by atoms with Crippen molar-refractivity contribution >= 4 is 10.8 Å². The van der Waals surface area contributed by atoms with Crippen LogP contribution in [-0.4, -0.2) is 20.8 Å². The van der Waals surface area contributed by atoms with E-state index in [4.69, 9.17) is 9.47 Å². The molecule has 0 amide bonds. The van der Waals surface area contributed by atoms with Crippen LogP contribution in [0.25, 0.3) is 21.9 Å². The van der Waals surface area contributed by atoms with Gasteiger partial charge in [0.15, 0.2) is 0 Å². The predicted octanol–water partition coefficient (Wildman–Crippen LogP) is 5.26. The van der Waals surface area contributed by atoms with Gasteiger partial charge in [-0.1, -0.05) is 12.1 Å². The van der Waals surface area contributed by atoms with Gasteiger partial charge in [-0.3, -0.25) is 0 Å². The van der Waals surface area contributed by atoms with Crippen molar-refractivity contribution in [2.24, 2.45) is 0 Å². The Bertz CT molecular complexity index is 893. The van der Waals surface area contributed by atoms with Gasteiger partial charge in [0.05, 0.1) is 19.8 Å². The lowest BCUT2D eigenvalue weighted by Gasteiger charge is -2.15. The number of rotatable bonds is 5. The van der Waals surface area contributed by atoms with Crippen LogP contribution in [0.5, 0.6) is 17.2 Å². The van der Waals surface area contributed by atoms with E-state index in [9.17, 15) is 8.78 Å². The monoisotopic (exact) mass is 348 g/mol. The summed E-state index contributed by atoms with van der Waals surface area (Å²) < 4.78 is 55.5. The molecule has 0 aliphatic heterocycles. The second kappa shape index (κ2) is 6.93. The van der Waals surface area contributed by atoms with Crippen LogP contribution in [0.2, 0.25) is 0 Å². The van der Waals surface area contributed by atoms with Crippen LogP contribution in [0.15, 0.2) is 48.5 Å². The van der Waals surface area contributed by atoms with Crippen LogP contribution < -0.4 is 14.2 Å². The number of fused-ring (bicyclic) bond motifs is 1. The fraction of sp³-hybridized carbons (Fsp3) is 0.158. The Morgan fingerprint density at radius 2 is 1.48 bits per heavy atom. The molecule has 3 aromatic rings. The molecule has 0 spiro atoms. The van der Waals surface area contributed by atoms with Gasteiger partial charge in [0.2, 0.25) is 0 Å². The summed E-state index contributed by atoms with van der Waals surface area (Å²) in [7, 11) is 2.98. The molecule has 3 rings (SSSR count). The van der Waals surface area contributed by atoms with Crippen LogP contribution in [0.4, 0.5) is 13.2 Å². The molecule has 0 bridgehead atoms. The summed E-state index contributed by atoms with van der Waals surface area (Å²) in [6.45, 7) is -3.07. The van der Waals surface area contributed by atoms with Crippen molar-refractivity contribution in [3.63, 3.8) is 0 Å². The Labute approximate surface area is 142 Å². The van der Waals surface area contributed by atoms with Crippen molar-refractivity contribution < 1.29 is 27.4 Å². The van der Waals surface area contributed by atoms with E-state index < -0.39 is 12.4 Å². The smallest absolute Gasteiger partial charge is 0.387 e. The van der Waals surface area contributed by atoms with Gasteiger partial charge in [0.1, 0.15) is 23.1 Å². The molecule has 25 heavy (non-hydrogen) atoms. The molecule has 3 aromatic carbocycles. The highest BCUT2D eigenvalue weighted by atomic mass is 19.3. The summed E-state index contributed by atoms with van der Waals surface area (Å²) in [5.74, 6) is 0.192. The Kier molecular flexibility index (Phi) is 4.70. The van der Waals surface area contributed by atoms with Crippen molar-refractivity contribution in [3.05, 3.63) is 54.3 Å². The van der Waals surface area contributed by atoms with E-state index in [2.05, 4.69) is 4.74 Å². The van der Waals surface area contributed by atoms with Crippen molar-refractivity contribution in [2.75, 3.05) is 14.2 Å². The molecule has 130 valence electrons. The van der Waals surface area contributed by atoms with Gasteiger partial charge in [-0.2, -0.15) is 8.78 Å². The standard InChI is InChI=1S/C19H15F3O3/c1-23-13-5-3-11(4-6-13)17-16(25-19(21)22)10-12-9-14(24-2)7-8-15(12)18(17)20/h3-10,19H,1-2H3. The van der Waals surface area contributed by atoms with E-state index >= 15 is 4.39 Å². The average molecular weight is 348 g/mol.